The van der Waals surface area contributed by atoms with E-state index in [0.29, 0.717) is 0 Å². The SMILES string of the molecule is CC(N)Cc1ccnc(N2CCCCC2)c1. The number of nitrogens with two attached hydrogens (primary N) is 1. The van der Waals surface area contributed by atoms with E-state index >= 15 is 0 Å². The average Bonchev–Trinajstić information content (AvgIpc) is 2.30. The summed E-state index contributed by atoms with van der Waals surface area (Å²) in [6.07, 6.45) is 6.78. The van der Waals surface area contributed by atoms with Gasteiger partial charge in [-0.05, 0) is 50.3 Å². The van der Waals surface area contributed by atoms with Crippen molar-refractivity contribution in [2.75, 3.05) is 18.0 Å². The van der Waals surface area contributed by atoms with E-state index in [9.17, 15) is 0 Å². The molecule has 0 bridgehead atoms. The van der Waals surface area contributed by atoms with Gasteiger partial charge in [-0.25, -0.2) is 4.98 Å². The van der Waals surface area contributed by atoms with Crippen LogP contribution in [0.2, 0.25) is 0 Å². The third kappa shape index (κ3) is 2.95. The van der Waals surface area contributed by atoms with Gasteiger partial charge in [-0.15, -0.1) is 0 Å². The van der Waals surface area contributed by atoms with Crippen LogP contribution in [0, 0.1) is 0 Å². The van der Waals surface area contributed by atoms with Crippen LogP contribution in [0.25, 0.3) is 0 Å². The number of aromatic nitrogens is 1. The fraction of sp³-hybridized carbons (Fsp3) is 0.615. The summed E-state index contributed by atoms with van der Waals surface area (Å²) in [5.74, 6) is 1.12. The molecule has 0 amide bonds. The molecule has 2 rings (SSSR count). The van der Waals surface area contributed by atoms with E-state index in [2.05, 4.69) is 22.0 Å². The molecule has 0 radical (unpaired) electrons. The molecule has 0 spiro atoms. The zero-order chi connectivity index (χ0) is 11.4. The predicted octanol–water partition coefficient (Wildman–Crippen LogP) is 1.96. The molecule has 16 heavy (non-hydrogen) atoms. The van der Waals surface area contributed by atoms with E-state index in [4.69, 9.17) is 5.73 Å². The highest BCUT2D eigenvalue weighted by molar-refractivity contribution is 5.41. The first-order valence-electron chi connectivity index (χ1n) is 6.21. The zero-order valence-electron chi connectivity index (χ0n) is 10.0. The highest BCUT2D eigenvalue weighted by Gasteiger charge is 2.12. The maximum Gasteiger partial charge on any atom is 0.128 e. The van der Waals surface area contributed by atoms with E-state index < -0.39 is 0 Å². The summed E-state index contributed by atoms with van der Waals surface area (Å²) in [5.41, 5.74) is 7.12. The molecule has 1 aliphatic heterocycles. The molecule has 3 heteroatoms. The van der Waals surface area contributed by atoms with Crippen LogP contribution in [0.15, 0.2) is 18.3 Å². The fourth-order valence-corrected chi connectivity index (χ4v) is 2.26. The number of rotatable bonds is 3. The second kappa shape index (κ2) is 5.30. The highest BCUT2D eigenvalue weighted by Crippen LogP contribution is 2.18. The molecule has 2 heterocycles. The average molecular weight is 219 g/mol. The Morgan fingerprint density at radius 3 is 2.81 bits per heavy atom. The van der Waals surface area contributed by atoms with Crippen LogP contribution in [-0.4, -0.2) is 24.1 Å². The van der Waals surface area contributed by atoms with Crippen molar-refractivity contribution in [2.24, 2.45) is 5.73 Å². The summed E-state index contributed by atoms with van der Waals surface area (Å²) in [6, 6.07) is 4.47. The summed E-state index contributed by atoms with van der Waals surface area (Å²) in [4.78, 5) is 6.84. The predicted molar refractivity (Wildman–Crippen MR) is 67.7 cm³/mol. The molecule has 2 N–H and O–H groups in total. The van der Waals surface area contributed by atoms with Gasteiger partial charge in [-0.1, -0.05) is 0 Å². The van der Waals surface area contributed by atoms with Crippen LogP contribution in [0.4, 0.5) is 5.82 Å². The van der Waals surface area contributed by atoms with Crippen molar-refractivity contribution in [3.05, 3.63) is 23.9 Å². The Morgan fingerprint density at radius 2 is 2.12 bits per heavy atom. The second-order valence-electron chi connectivity index (χ2n) is 4.75. The molecule has 1 aliphatic rings. The first-order chi connectivity index (χ1) is 7.75. The summed E-state index contributed by atoms with van der Waals surface area (Å²) >= 11 is 0. The molecule has 3 nitrogen and oxygen atoms in total. The number of piperidine rings is 1. The lowest BCUT2D eigenvalue weighted by atomic mass is 10.1. The van der Waals surface area contributed by atoms with E-state index in [1.54, 1.807) is 0 Å². The molecular weight excluding hydrogens is 198 g/mol. The van der Waals surface area contributed by atoms with Gasteiger partial charge in [0.1, 0.15) is 5.82 Å². The number of hydrogen-bond donors (Lipinski definition) is 1. The minimum atomic E-state index is 0.219. The molecular formula is C13H21N3. The molecule has 1 aromatic heterocycles. The van der Waals surface area contributed by atoms with Crippen molar-refractivity contribution >= 4 is 5.82 Å². The largest absolute Gasteiger partial charge is 0.357 e. The van der Waals surface area contributed by atoms with Crippen LogP contribution in [0.1, 0.15) is 31.7 Å². The van der Waals surface area contributed by atoms with E-state index in [1.807, 2.05) is 13.1 Å². The molecule has 1 atom stereocenters. The molecule has 1 fully saturated rings. The monoisotopic (exact) mass is 219 g/mol. The Bertz CT molecular complexity index is 330. The summed E-state index contributed by atoms with van der Waals surface area (Å²) in [5, 5.41) is 0. The Kier molecular flexibility index (Phi) is 3.78. The van der Waals surface area contributed by atoms with Gasteiger partial charge in [-0.3, -0.25) is 0 Å². The summed E-state index contributed by atoms with van der Waals surface area (Å²) in [6.45, 7) is 4.34. The Balaban J connectivity index is 2.08. The molecule has 1 saturated heterocycles. The van der Waals surface area contributed by atoms with Crippen LogP contribution in [-0.2, 0) is 6.42 Å². The van der Waals surface area contributed by atoms with Gasteiger partial charge >= 0.3 is 0 Å². The van der Waals surface area contributed by atoms with Gasteiger partial charge in [0.2, 0.25) is 0 Å². The molecule has 0 aliphatic carbocycles. The van der Waals surface area contributed by atoms with Crippen LogP contribution in [0.5, 0.6) is 0 Å². The van der Waals surface area contributed by atoms with Gasteiger partial charge in [0, 0.05) is 25.3 Å². The number of hydrogen-bond acceptors (Lipinski definition) is 3. The third-order valence-electron chi connectivity index (χ3n) is 3.05. The second-order valence-corrected chi connectivity index (χ2v) is 4.75. The number of nitrogens with zero attached hydrogens (tertiary/aromatic N) is 2. The van der Waals surface area contributed by atoms with Gasteiger partial charge in [-0.2, -0.15) is 0 Å². The van der Waals surface area contributed by atoms with Gasteiger partial charge in [0.05, 0.1) is 0 Å². The maximum atomic E-state index is 5.82. The lowest BCUT2D eigenvalue weighted by Crippen LogP contribution is -2.30. The fourth-order valence-electron chi connectivity index (χ4n) is 2.26. The molecule has 1 aromatic rings. The van der Waals surface area contributed by atoms with Crippen molar-refractivity contribution in [3.63, 3.8) is 0 Å². The highest BCUT2D eigenvalue weighted by atomic mass is 15.2. The lowest BCUT2D eigenvalue weighted by Gasteiger charge is -2.28. The van der Waals surface area contributed by atoms with E-state index in [1.165, 1.54) is 24.8 Å². The van der Waals surface area contributed by atoms with E-state index in [-0.39, 0.29) is 6.04 Å². The summed E-state index contributed by atoms with van der Waals surface area (Å²) < 4.78 is 0. The minimum absolute atomic E-state index is 0.219. The topological polar surface area (TPSA) is 42.1 Å². The maximum absolute atomic E-state index is 5.82. The van der Waals surface area contributed by atoms with Crippen molar-refractivity contribution in [1.29, 1.82) is 0 Å². The Hall–Kier alpha value is -1.09. The molecule has 88 valence electrons. The van der Waals surface area contributed by atoms with Gasteiger partial charge in [0.25, 0.3) is 0 Å². The number of anilines is 1. The normalized spacial score (nSPS) is 18.5. The smallest absolute Gasteiger partial charge is 0.128 e. The quantitative estimate of drug-likeness (QED) is 0.845. The first-order valence-corrected chi connectivity index (χ1v) is 6.21. The number of pyridine rings is 1. The molecule has 0 saturated carbocycles. The first kappa shape index (κ1) is 11.4. The third-order valence-corrected chi connectivity index (χ3v) is 3.05. The van der Waals surface area contributed by atoms with Crippen molar-refractivity contribution in [1.82, 2.24) is 4.98 Å². The zero-order valence-corrected chi connectivity index (χ0v) is 10.0. The van der Waals surface area contributed by atoms with Gasteiger partial charge in [0.15, 0.2) is 0 Å². The van der Waals surface area contributed by atoms with E-state index in [0.717, 1.165) is 25.3 Å². The van der Waals surface area contributed by atoms with Crippen LogP contribution < -0.4 is 10.6 Å². The minimum Gasteiger partial charge on any atom is -0.357 e. The summed E-state index contributed by atoms with van der Waals surface area (Å²) in [7, 11) is 0. The van der Waals surface area contributed by atoms with Crippen molar-refractivity contribution < 1.29 is 0 Å². The molecule has 0 aromatic carbocycles. The Labute approximate surface area is 97.7 Å². The van der Waals surface area contributed by atoms with Crippen molar-refractivity contribution in [2.45, 2.75) is 38.6 Å². The van der Waals surface area contributed by atoms with Crippen LogP contribution >= 0.6 is 0 Å². The standard InChI is InChI=1S/C13H21N3/c1-11(14)9-12-5-6-15-13(10-12)16-7-3-2-4-8-16/h5-6,10-11H,2-4,7-9,14H2,1H3. The van der Waals surface area contributed by atoms with Crippen LogP contribution in [0.3, 0.4) is 0 Å². The Morgan fingerprint density at radius 1 is 1.38 bits per heavy atom. The molecule has 1 unspecified atom stereocenters. The van der Waals surface area contributed by atoms with Crippen molar-refractivity contribution in [3.8, 4) is 0 Å². The lowest BCUT2D eigenvalue weighted by molar-refractivity contribution is 0.573. The van der Waals surface area contributed by atoms with Gasteiger partial charge < -0.3 is 10.6 Å².